The SMILES string of the molecule is COc1cccc(OCc2csc(C(=O)Nc3ccc(N4CCCCC4)c4nonc34)c2)c1. The molecule has 1 aliphatic heterocycles. The standard InChI is InChI=1S/C24H24N4O4S/c1-30-17-6-5-7-18(13-17)31-14-16-12-21(33-15-16)24(29)25-19-8-9-20(23-22(19)26-32-27-23)28-10-3-2-4-11-28/h5-9,12-13,15H,2-4,10-11,14H2,1H3,(H,25,29). The monoisotopic (exact) mass is 464 g/mol. The van der Waals surface area contributed by atoms with Crippen molar-refractivity contribution in [2.45, 2.75) is 25.9 Å². The van der Waals surface area contributed by atoms with Gasteiger partial charge < -0.3 is 19.7 Å². The highest BCUT2D eigenvalue weighted by atomic mass is 32.1. The summed E-state index contributed by atoms with van der Waals surface area (Å²) in [5.74, 6) is 1.24. The van der Waals surface area contributed by atoms with Gasteiger partial charge in [-0.05, 0) is 65.3 Å². The smallest absolute Gasteiger partial charge is 0.265 e. The third-order valence-corrected chi connectivity index (χ3v) is 6.64. The Morgan fingerprint density at radius 1 is 1.09 bits per heavy atom. The molecule has 1 amide bonds. The molecule has 1 saturated heterocycles. The number of nitrogens with zero attached hydrogens (tertiary/aromatic N) is 3. The van der Waals surface area contributed by atoms with E-state index in [4.69, 9.17) is 14.1 Å². The molecule has 2 aromatic carbocycles. The van der Waals surface area contributed by atoms with Crippen molar-refractivity contribution < 1.29 is 18.9 Å². The second-order valence-corrected chi connectivity index (χ2v) is 8.79. The minimum Gasteiger partial charge on any atom is -0.497 e. The van der Waals surface area contributed by atoms with Gasteiger partial charge in [0.1, 0.15) is 18.1 Å². The number of anilines is 2. The number of fused-ring (bicyclic) bond motifs is 1. The average molecular weight is 465 g/mol. The van der Waals surface area contributed by atoms with Gasteiger partial charge in [0.25, 0.3) is 5.91 Å². The zero-order chi connectivity index (χ0) is 22.6. The fourth-order valence-corrected chi connectivity index (χ4v) is 4.75. The Morgan fingerprint density at radius 2 is 1.91 bits per heavy atom. The first kappa shape index (κ1) is 21.3. The molecule has 1 N–H and O–H groups in total. The Hall–Kier alpha value is -3.59. The number of benzene rings is 2. The average Bonchev–Trinajstić information content (AvgIpc) is 3.54. The van der Waals surface area contributed by atoms with E-state index in [0.717, 1.165) is 42.9 Å². The Kier molecular flexibility index (Phi) is 6.12. The molecule has 5 rings (SSSR count). The molecular formula is C24H24N4O4S. The van der Waals surface area contributed by atoms with Crippen LogP contribution in [0.2, 0.25) is 0 Å². The van der Waals surface area contributed by atoms with E-state index in [1.165, 1.54) is 17.8 Å². The van der Waals surface area contributed by atoms with Crippen molar-refractivity contribution in [2.75, 3.05) is 30.4 Å². The van der Waals surface area contributed by atoms with E-state index >= 15 is 0 Å². The lowest BCUT2D eigenvalue weighted by atomic mass is 10.1. The maximum Gasteiger partial charge on any atom is 0.265 e. The Balaban J connectivity index is 1.27. The molecule has 8 nitrogen and oxygen atoms in total. The summed E-state index contributed by atoms with van der Waals surface area (Å²) in [7, 11) is 1.62. The first-order chi connectivity index (χ1) is 16.2. The number of amides is 1. The number of carbonyl (C=O) groups is 1. The van der Waals surface area contributed by atoms with E-state index < -0.39 is 0 Å². The molecule has 1 aliphatic rings. The second kappa shape index (κ2) is 9.50. The van der Waals surface area contributed by atoms with Gasteiger partial charge in [-0.25, -0.2) is 4.63 Å². The van der Waals surface area contributed by atoms with E-state index in [9.17, 15) is 4.79 Å². The van der Waals surface area contributed by atoms with Crippen LogP contribution in [0.15, 0.2) is 52.5 Å². The van der Waals surface area contributed by atoms with Gasteiger partial charge in [-0.2, -0.15) is 0 Å². The van der Waals surface area contributed by atoms with E-state index in [2.05, 4.69) is 20.5 Å². The van der Waals surface area contributed by atoms with Crippen molar-refractivity contribution in [1.82, 2.24) is 10.3 Å². The number of thiophene rings is 1. The van der Waals surface area contributed by atoms with Crippen molar-refractivity contribution >= 4 is 39.7 Å². The molecular weight excluding hydrogens is 440 g/mol. The number of hydrogen-bond donors (Lipinski definition) is 1. The molecule has 1 fully saturated rings. The summed E-state index contributed by atoms with van der Waals surface area (Å²) >= 11 is 1.37. The molecule has 170 valence electrons. The number of rotatable bonds is 7. The minimum atomic E-state index is -0.206. The summed E-state index contributed by atoms with van der Waals surface area (Å²) in [5.41, 5.74) is 3.73. The predicted molar refractivity (Wildman–Crippen MR) is 127 cm³/mol. The third-order valence-electron chi connectivity index (χ3n) is 5.66. The fourth-order valence-electron chi connectivity index (χ4n) is 3.96. The van der Waals surface area contributed by atoms with Crippen LogP contribution in [0.3, 0.4) is 0 Å². The van der Waals surface area contributed by atoms with Crippen molar-refractivity contribution in [1.29, 1.82) is 0 Å². The molecule has 9 heteroatoms. The summed E-state index contributed by atoms with van der Waals surface area (Å²) in [5, 5.41) is 13.0. The lowest BCUT2D eigenvalue weighted by Gasteiger charge is -2.28. The van der Waals surface area contributed by atoms with Gasteiger partial charge in [0, 0.05) is 24.7 Å². The van der Waals surface area contributed by atoms with Crippen LogP contribution in [-0.4, -0.2) is 36.4 Å². The van der Waals surface area contributed by atoms with Crippen LogP contribution in [0.1, 0.15) is 34.5 Å². The summed E-state index contributed by atoms with van der Waals surface area (Å²) in [6.07, 6.45) is 3.57. The van der Waals surface area contributed by atoms with Crippen LogP contribution in [0.4, 0.5) is 11.4 Å². The van der Waals surface area contributed by atoms with E-state index in [0.29, 0.717) is 34.0 Å². The van der Waals surface area contributed by atoms with Crippen LogP contribution in [-0.2, 0) is 6.61 Å². The Labute approximate surface area is 195 Å². The van der Waals surface area contributed by atoms with E-state index in [-0.39, 0.29) is 5.91 Å². The predicted octanol–water partition coefficient (Wildman–Crippen LogP) is 5.11. The highest BCUT2D eigenvalue weighted by Crippen LogP contribution is 2.32. The van der Waals surface area contributed by atoms with Crippen LogP contribution < -0.4 is 19.7 Å². The molecule has 0 saturated carbocycles. The van der Waals surface area contributed by atoms with Crippen LogP contribution >= 0.6 is 11.3 Å². The maximum absolute atomic E-state index is 12.9. The van der Waals surface area contributed by atoms with Crippen LogP contribution in [0, 0.1) is 0 Å². The van der Waals surface area contributed by atoms with Gasteiger partial charge in [0.2, 0.25) is 0 Å². The number of carbonyl (C=O) groups excluding carboxylic acids is 1. The van der Waals surface area contributed by atoms with Gasteiger partial charge in [-0.1, -0.05) is 6.07 Å². The van der Waals surface area contributed by atoms with E-state index in [1.54, 1.807) is 7.11 Å². The summed E-state index contributed by atoms with van der Waals surface area (Å²) < 4.78 is 16.1. The number of methoxy groups -OCH3 is 1. The number of nitrogens with one attached hydrogen (secondary N) is 1. The van der Waals surface area contributed by atoms with Crippen molar-refractivity contribution in [3.63, 3.8) is 0 Å². The van der Waals surface area contributed by atoms with Gasteiger partial charge >= 0.3 is 0 Å². The fraction of sp³-hybridized carbons (Fsp3) is 0.292. The zero-order valence-electron chi connectivity index (χ0n) is 18.2. The first-order valence-electron chi connectivity index (χ1n) is 10.9. The largest absolute Gasteiger partial charge is 0.497 e. The van der Waals surface area contributed by atoms with Crippen LogP contribution in [0.25, 0.3) is 11.0 Å². The Morgan fingerprint density at radius 3 is 2.76 bits per heavy atom. The number of piperidine rings is 1. The molecule has 0 bridgehead atoms. The van der Waals surface area contributed by atoms with Crippen molar-refractivity contribution in [3.05, 3.63) is 58.3 Å². The normalized spacial score (nSPS) is 13.8. The highest BCUT2D eigenvalue weighted by molar-refractivity contribution is 7.12. The summed E-state index contributed by atoms with van der Waals surface area (Å²) in [4.78, 5) is 15.8. The lowest BCUT2D eigenvalue weighted by molar-refractivity contribution is 0.103. The molecule has 0 aliphatic carbocycles. The van der Waals surface area contributed by atoms with Crippen molar-refractivity contribution in [2.24, 2.45) is 0 Å². The highest BCUT2D eigenvalue weighted by Gasteiger charge is 2.20. The van der Waals surface area contributed by atoms with Gasteiger partial charge in [-0.3, -0.25) is 4.79 Å². The molecule has 2 aromatic heterocycles. The van der Waals surface area contributed by atoms with Gasteiger partial charge in [0.05, 0.1) is 23.4 Å². The summed E-state index contributed by atoms with van der Waals surface area (Å²) in [6.45, 7) is 2.34. The minimum absolute atomic E-state index is 0.206. The van der Waals surface area contributed by atoms with Crippen molar-refractivity contribution in [3.8, 4) is 11.5 Å². The molecule has 33 heavy (non-hydrogen) atoms. The molecule has 0 spiro atoms. The lowest BCUT2D eigenvalue weighted by Crippen LogP contribution is -2.29. The number of ether oxygens (including phenoxy) is 2. The third kappa shape index (κ3) is 4.63. The second-order valence-electron chi connectivity index (χ2n) is 7.88. The van der Waals surface area contributed by atoms with Gasteiger partial charge in [0.15, 0.2) is 11.0 Å². The van der Waals surface area contributed by atoms with Crippen LogP contribution in [0.5, 0.6) is 11.5 Å². The molecule has 4 aromatic rings. The molecule has 0 radical (unpaired) electrons. The Bertz CT molecular complexity index is 1260. The molecule has 0 atom stereocenters. The molecule has 0 unspecified atom stereocenters. The maximum atomic E-state index is 12.9. The topological polar surface area (TPSA) is 89.7 Å². The zero-order valence-corrected chi connectivity index (χ0v) is 19.1. The number of aromatic nitrogens is 2. The first-order valence-corrected chi connectivity index (χ1v) is 11.7. The van der Waals surface area contributed by atoms with Gasteiger partial charge in [-0.15, -0.1) is 11.3 Å². The van der Waals surface area contributed by atoms with E-state index in [1.807, 2.05) is 47.8 Å². The number of hydrogen-bond acceptors (Lipinski definition) is 8. The summed E-state index contributed by atoms with van der Waals surface area (Å²) in [6, 6.07) is 13.1. The molecule has 3 heterocycles. The quantitative estimate of drug-likeness (QED) is 0.406.